The highest BCUT2D eigenvalue weighted by Gasteiger charge is 2.25. The van der Waals surface area contributed by atoms with Crippen molar-refractivity contribution in [1.82, 2.24) is 15.1 Å². The molecule has 1 aromatic carbocycles. The maximum Gasteiger partial charge on any atom is 0.219 e. The van der Waals surface area contributed by atoms with Gasteiger partial charge in [-0.15, -0.1) is 10.2 Å². The number of hydrogen-bond acceptors (Lipinski definition) is 4. The number of aromatic nitrogens is 2. The Balaban J connectivity index is 1.55. The quantitative estimate of drug-likeness (QED) is 0.863. The molecule has 118 valence electrons. The second kappa shape index (κ2) is 6.57. The van der Waals surface area contributed by atoms with Gasteiger partial charge in [-0.1, -0.05) is 26.0 Å². The Kier molecular flexibility index (Phi) is 4.52. The molecule has 3 rings (SSSR count). The lowest BCUT2D eigenvalue weighted by Crippen LogP contribution is -2.32. The van der Waals surface area contributed by atoms with E-state index >= 15 is 0 Å². The highest BCUT2D eigenvalue weighted by molar-refractivity contribution is 5.16. The standard InChI is InChI=1S/C17H22FN3O/c1-12(2)16-19-20-17(22-16)14-6-8-21(9-7-14)11-13-4-3-5-15(18)10-13/h3-5,10,12,14H,6-9,11H2,1-2H3. The number of benzene rings is 1. The molecule has 0 aliphatic carbocycles. The first-order valence-electron chi connectivity index (χ1n) is 7.92. The molecule has 0 saturated carbocycles. The molecule has 1 aromatic heterocycles. The van der Waals surface area contributed by atoms with Gasteiger partial charge in [-0.25, -0.2) is 4.39 Å². The Morgan fingerprint density at radius 2 is 2.05 bits per heavy atom. The molecule has 1 fully saturated rings. The van der Waals surface area contributed by atoms with Crippen molar-refractivity contribution >= 4 is 0 Å². The van der Waals surface area contributed by atoms with E-state index in [0.29, 0.717) is 5.92 Å². The first kappa shape index (κ1) is 15.2. The third kappa shape index (κ3) is 3.53. The van der Waals surface area contributed by atoms with Gasteiger partial charge in [-0.05, 0) is 43.6 Å². The van der Waals surface area contributed by atoms with E-state index in [2.05, 4.69) is 28.9 Å². The van der Waals surface area contributed by atoms with Gasteiger partial charge in [0.25, 0.3) is 0 Å². The van der Waals surface area contributed by atoms with Crippen molar-refractivity contribution in [2.24, 2.45) is 0 Å². The van der Waals surface area contributed by atoms with Crippen LogP contribution in [0.15, 0.2) is 28.7 Å². The van der Waals surface area contributed by atoms with Crippen LogP contribution in [0.2, 0.25) is 0 Å². The molecular formula is C17H22FN3O. The first-order chi connectivity index (χ1) is 10.6. The fourth-order valence-corrected chi connectivity index (χ4v) is 2.88. The monoisotopic (exact) mass is 303 g/mol. The van der Waals surface area contributed by atoms with Crippen LogP contribution in [-0.2, 0) is 6.54 Å². The average Bonchev–Trinajstić information content (AvgIpc) is 2.98. The topological polar surface area (TPSA) is 42.2 Å². The fourth-order valence-electron chi connectivity index (χ4n) is 2.88. The normalized spacial score (nSPS) is 17.3. The molecule has 0 atom stereocenters. The van der Waals surface area contributed by atoms with Crippen LogP contribution in [0.5, 0.6) is 0 Å². The maximum absolute atomic E-state index is 13.2. The number of rotatable bonds is 4. The van der Waals surface area contributed by atoms with Gasteiger partial charge in [-0.3, -0.25) is 4.90 Å². The highest BCUT2D eigenvalue weighted by Crippen LogP contribution is 2.28. The number of likely N-dealkylation sites (tertiary alicyclic amines) is 1. The van der Waals surface area contributed by atoms with Crippen molar-refractivity contribution in [3.8, 4) is 0 Å². The third-order valence-corrected chi connectivity index (χ3v) is 4.18. The van der Waals surface area contributed by atoms with E-state index in [0.717, 1.165) is 49.8 Å². The molecule has 2 heterocycles. The molecule has 1 saturated heterocycles. The summed E-state index contributed by atoms with van der Waals surface area (Å²) in [6.45, 7) is 6.85. The van der Waals surface area contributed by atoms with Gasteiger partial charge < -0.3 is 4.42 Å². The van der Waals surface area contributed by atoms with Gasteiger partial charge in [0.2, 0.25) is 11.8 Å². The van der Waals surface area contributed by atoms with Crippen LogP contribution in [-0.4, -0.2) is 28.2 Å². The molecule has 0 amide bonds. The zero-order valence-corrected chi connectivity index (χ0v) is 13.1. The van der Waals surface area contributed by atoms with Gasteiger partial charge in [0.05, 0.1) is 0 Å². The van der Waals surface area contributed by atoms with Gasteiger partial charge in [0, 0.05) is 18.4 Å². The number of halogens is 1. The lowest BCUT2D eigenvalue weighted by Gasteiger charge is -2.30. The van der Waals surface area contributed by atoms with Crippen LogP contribution in [0.25, 0.3) is 0 Å². The van der Waals surface area contributed by atoms with E-state index < -0.39 is 0 Å². The molecule has 22 heavy (non-hydrogen) atoms. The zero-order valence-electron chi connectivity index (χ0n) is 13.1. The fraction of sp³-hybridized carbons (Fsp3) is 0.529. The Bertz CT molecular complexity index is 618. The smallest absolute Gasteiger partial charge is 0.219 e. The molecule has 1 aliphatic heterocycles. The first-order valence-corrected chi connectivity index (χ1v) is 7.92. The lowest BCUT2D eigenvalue weighted by atomic mass is 9.96. The average molecular weight is 303 g/mol. The van der Waals surface area contributed by atoms with Crippen LogP contribution >= 0.6 is 0 Å². The van der Waals surface area contributed by atoms with Crippen molar-refractivity contribution in [2.75, 3.05) is 13.1 Å². The van der Waals surface area contributed by atoms with Gasteiger partial charge >= 0.3 is 0 Å². The minimum absolute atomic E-state index is 0.167. The highest BCUT2D eigenvalue weighted by atomic mass is 19.1. The summed E-state index contributed by atoms with van der Waals surface area (Å²) in [4.78, 5) is 2.35. The van der Waals surface area contributed by atoms with Crippen LogP contribution in [0.3, 0.4) is 0 Å². The second-order valence-electron chi connectivity index (χ2n) is 6.31. The van der Waals surface area contributed by atoms with Gasteiger partial charge in [-0.2, -0.15) is 0 Å². The molecule has 2 aromatic rings. The SMILES string of the molecule is CC(C)c1nnc(C2CCN(Cc3cccc(F)c3)CC2)o1. The molecule has 1 aliphatic rings. The molecular weight excluding hydrogens is 281 g/mol. The molecule has 0 spiro atoms. The van der Waals surface area contributed by atoms with Crippen LogP contribution in [0.1, 0.15) is 55.9 Å². The van der Waals surface area contributed by atoms with Crippen LogP contribution < -0.4 is 0 Å². The molecule has 0 N–H and O–H groups in total. The van der Waals surface area contributed by atoms with E-state index in [1.807, 2.05) is 6.07 Å². The van der Waals surface area contributed by atoms with Crippen LogP contribution in [0, 0.1) is 5.82 Å². The molecule has 0 radical (unpaired) electrons. The van der Waals surface area contributed by atoms with Gasteiger partial charge in [0.1, 0.15) is 5.82 Å². The summed E-state index contributed by atoms with van der Waals surface area (Å²) in [5, 5.41) is 8.31. The Labute approximate surface area is 130 Å². The van der Waals surface area contributed by atoms with Crippen LogP contribution in [0.4, 0.5) is 4.39 Å². The number of nitrogens with zero attached hydrogens (tertiary/aromatic N) is 3. The van der Waals surface area contributed by atoms with E-state index in [4.69, 9.17) is 4.42 Å². The lowest BCUT2D eigenvalue weighted by molar-refractivity contribution is 0.191. The molecule has 0 unspecified atom stereocenters. The number of piperidine rings is 1. The maximum atomic E-state index is 13.2. The summed E-state index contributed by atoms with van der Waals surface area (Å²) in [5.74, 6) is 1.95. The van der Waals surface area contributed by atoms with Crippen molar-refractivity contribution in [3.05, 3.63) is 47.4 Å². The second-order valence-corrected chi connectivity index (χ2v) is 6.31. The predicted octanol–water partition coefficient (Wildman–Crippen LogP) is 3.71. The predicted molar refractivity (Wildman–Crippen MR) is 82.0 cm³/mol. The summed E-state index contributed by atoms with van der Waals surface area (Å²) >= 11 is 0. The molecule has 4 nitrogen and oxygen atoms in total. The van der Waals surface area contributed by atoms with Crippen molar-refractivity contribution in [2.45, 2.75) is 45.1 Å². The van der Waals surface area contributed by atoms with Crippen molar-refractivity contribution in [3.63, 3.8) is 0 Å². The van der Waals surface area contributed by atoms with E-state index in [-0.39, 0.29) is 11.7 Å². The largest absolute Gasteiger partial charge is 0.425 e. The van der Waals surface area contributed by atoms with Crippen molar-refractivity contribution in [1.29, 1.82) is 0 Å². The Hall–Kier alpha value is -1.75. The minimum Gasteiger partial charge on any atom is -0.425 e. The summed E-state index contributed by atoms with van der Waals surface area (Å²) in [7, 11) is 0. The molecule has 5 heteroatoms. The third-order valence-electron chi connectivity index (χ3n) is 4.18. The van der Waals surface area contributed by atoms with E-state index in [1.54, 1.807) is 12.1 Å². The van der Waals surface area contributed by atoms with E-state index in [9.17, 15) is 4.39 Å². The molecule has 0 bridgehead atoms. The van der Waals surface area contributed by atoms with E-state index in [1.165, 1.54) is 6.07 Å². The van der Waals surface area contributed by atoms with Gasteiger partial charge in [0.15, 0.2) is 0 Å². The zero-order chi connectivity index (χ0) is 15.5. The summed E-state index contributed by atoms with van der Waals surface area (Å²) in [5.41, 5.74) is 1.03. The Morgan fingerprint density at radius 3 is 2.68 bits per heavy atom. The van der Waals surface area contributed by atoms with Crippen molar-refractivity contribution < 1.29 is 8.81 Å². The summed E-state index contributed by atoms with van der Waals surface area (Å²) in [6, 6.07) is 6.84. The summed E-state index contributed by atoms with van der Waals surface area (Å²) in [6.07, 6.45) is 2.02. The number of hydrogen-bond donors (Lipinski definition) is 0. The summed E-state index contributed by atoms with van der Waals surface area (Å²) < 4.78 is 19.0. The minimum atomic E-state index is -0.167. The Morgan fingerprint density at radius 1 is 1.27 bits per heavy atom.